The molecule has 2 rings (SSSR count). The summed E-state index contributed by atoms with van der Waals surface area (Å²) in [6, 6.07) is 0. The third-order valence-electron chi connectivity index (χ3n) is 1.50. The first-order valence-corrected chi connectivity index (χ1v) is 7.12. The van der Waals surface area contributed by atoms with E-state index in [0.717, 1.165) is 23.3 Å². The van der Waals surface area contributed by atoms with Crippen LogP contribution in [0, 0.1) is 7.34 Å². The second kappa shape index (κ2) is 4.01. The normalized spacial score (nSPS) is 20.6. The second-order valence-electron chi connectivity index (χ2n) is 2.35. The molecule has 70 valence electrons. The van der Waals surface area contributed by atoms with Crippen molar-refractivity contribution in [2.75, 3.05) is 0 Å². The predicted molar refractivity (Wildman–Crippen MR) is 74.4 cm³/mol. The lowest BCUT2D eigenvalue weighted by Crippen LogP contribution is -2.11. The molecule has 0 aromatic carbocycles. The minimum absolute atomic E-state index is 0.109. The van der Waals surface area contributed by atoms with Crippen LogP contribution in [-0.2, 0) is 0 Å². The molecule has 0 bridgehead atoms. The molecule has 1 aliphatic rings. The van der Waals surface area contributed by atoms with Gasteiger partial charge in [0.1, 0.15) is 3.57 Å². The largest absolute Gasteiger partial charge is 0.469 e. The lowest BCUT2D eigenvalue weighted by molar-refractivity contribution is 0.322. The van der Waals surface area contributed by atoms with Gasteiger partial charge in [0.15, 0.2) is 20.3 Å². The summed E-state index contributed by atoms with van der Waals surface area (Å²) in [4.78, 5) is 0. The summed E-state index contributed by atoms with van der Waals surface area (Å²) in [6.45, 7) is 0. The Labute approximate surface area is 119 Å². The van der Waals surface area contributed by atoms with E-state index >= 15 is 0 Å². The molecule has 0 amide bonds. The molecular formula is C7H2Br2I2O2. The topological polar surface area (TPSA) is 22.4 Å². The quantitative estimate of drug-likeness (QED) is 0.367. The zero-order valence-corrected chi connectivity index (χ0v) is 13.5. The Morgan fingerprint density at radius 3 is 2.77 bits per heavy atom. The summed E-state index contributed by atoms with van der Waals surface area (Å²) >= 11 is 11.1. The van der Waals surface area contributed by atoms with E-state index < -0.39 is 0 Å². The van der Waals surface area contributed by atoms with Crippen LogP contribution in [0.2, 0.25) is 0 Å². The average molecular weight is 532 g/mol. The van der Waals surface area contributed by atoms with Crippen molar-refractivity contribution in [3.8, 4) is 5.75 Å². The van der Waals surface area contributed by atoms with Gasteiger partial charge in [0.05, 0.1) is 4.48 Å². The Balaban J connectivity index is 2.56. The van der Waals surface area contributed by atoms with Gasteiger partial charge in [-0.3, -0.25) is 0 Å². The van der Waals surface area contributed by atoms with Crippen LogP contribution < -0.4 is 4.74 Å². The Kier molecular flexibility index (Phi) is 3.32. The van der Waals surface area contributed by atoms with Crippen LogP contribution in [0.3, 0.4) is 0 Å². The molecule has 0 radical (unpaired) electrons. The molecule has 0 N–H and O–H groups in total. The molecular weight excluding hydrogens is 530 g/mol. The highest BCUT2D eigenvalue weighted by molar-refractivity contribution is 14.1. The molecule has 6 heteroatoms. The molecule has 1 aromatic rings. The van der Waals surface area contributed by atoms with E-state index in [4.69, 9.17) is 9.15 Å². The fourth-order valence-electron chi connectivity index (χ4n) is 0.940. The second-order valence-corrected chi connectivity index (χ2v) is 6.15. The number of furan rings is 1. The van der Waals surface area contributed by atoms with Crippen molar-refractivity contribution in [3.63, 3.8) is 0 Å². The van der Waals surface area contributed by atoms with E-state index in [0.29, 0.717) is 0 Å². The Hall–Kier alpha value is 1.24. The minimum Gasteiger partial charge on any atom is -0.469 e. The highest BCUT2D eigenvalue weighted by atomic mass is 127. The lowest BCUT2D eigenvalue weighted by Gasteiger charge is -2.16. The molecule has 0 saturated heterocycles. The first kappa shape index (κ1) is 10.7. The number of alkyl halides is 1. The van der Waals surface area contributed by atoms with Crippen LogP contribution in [0.1, 0.15) is 5.76 Å². The van der Waals surface area contributed by atoms with Gasteiger partial charge in [-0.05, 0) is 44.6 Å². The first-order valence-electron chi connectivity index (χ1n) is 3.25. The van der Waals surface area contributed by atoms with Gasteiger partial charge in [-0.15, -0.1) is 0 Å². The summed E-state index contributed by atoms with van der Waals surface area (Å²) in [5, 5.41) is -0.109. The molecule has 1 aliphatic heterocycles. The standard InChI is InChI=1S/C7H2Br2I2O2/c8-2-1-3-5(13-6(2)9)4(10)7(11)12-3/h1,6H. The zero-order valence-electron chi connectivity index (χ0n) is 5.98. The monoisotopic (exact) mass is 530 g/mol. The van der Waals surface area contributed by atoms with E-state index in [1.54, 1.807) is 0 Å². The van der Waals surface area contributed by atoms with Crippen molar-refractivity contribution in [2.45, 2.75) is 5.01 Å². The third kappa shape index (κ3) is 1.96. The third-order valence-corrected chi connectivity index (χ3v) is 6.21. The van der Waals surface area contributed by atoms with Crippen LogP contribution in [0.5, 0.6) is 5.75 Å². The van der Waals surface area contributed by atoms with Crippen molar-refractivity contribution in [2.24, 2.45) is 0 Å². The maximum atomic E-state index is 5.59. The smallest absolute Gasteiger partial charge is 0.185 e. The Morgan fingerprint density at radius 1 is 1.38 bits per heavy atom. The van der Waals surface area contributed by atoms with Gasteiger partial charge < -0.3 is 9.15 Å². The fourth-order valence-corrected chi connectivity index (χ4v) is 2.55. The molecule has 1 atom stereocenters. The highest BCUT2D eigenvalue weighted by Crippen LogP contribution is 2.41. The summed E-state index contributed by atoms with van der Waals surface area (Å²) in [5.74, 6) is 1.59. The van der Waals surface area contributed by atoms with Crippen molar-refractivity contribution in [3.05, 3.63) is 17.6 Å². The van der Waals surface area contributed by atoms with Gasteiger partial charge in [-0.25, -0.2) is 0 Å². The SMILES string of the molecule is BrC1=Cc2oc(I)c(I)c2OC1Br. The van der Waals surface area contributed by atoms with Crippen LogP contribution in [0.4, 0.5) is 0 Å². The molecule has 0 saturated carbocycles. The summed E-state index contributed by atoms with van der Waals surface area (Å²) in [5.41, 5.74) is 0. The van der Waals surface area contributed by atoms with Crippen LogP contribution >= 0.6 is 77.0 Å². The maximum Gasteiger partial charge on any atom is 0.185 e. The zero-order chi connectivity index (χ0) is 9.59. The first-order chi connectivity index (χ1) is 6.09. The molecule has 2 heterocycles. The van der Waals surface area contributed by atoms with Gasteiger partial charge >= 0.3 is 0 Å². The number of fused-ring (bicyclic) bond motifs is 1. The van der Waals surface area contributed by atoms with E-state index in [-0.39, 0.29) is 5.01 Å². The molecule has 2 nitrogen and oxygen atoms in total. The summed E-state index contributed by atoms with van der Waals surface area (Å²) in [7, 11) is 0. The van der Waals surface area contributed by atoms with Crippen molar-refractivity contribution >= 4 is 83.1 Å². The van der Waals surface area contributed by atoms with Crippen LogP contribution in [0.15, 0.2) is 8.90 Å². The maximum absolute atomic E-state index is 5.59. The Bertz CT molecular complexity index is 386. The van der Waals surface area contributed by atoms with Gasteiger partial charge in [-0.1, -0.05) is 15.9 Å². The van der Waals surface area contributed by atoms with Crippen LogP contribution in [0.25, 0.3) is 6.08 Å². The van der Waals surface area contributed by atoms with Gasteiger partial charge in [0, 0.05) is 22.6 Å². The number of halogens is 4. The molecule has 13 heavy (non-hydrogen) atoms. The molecule has 0 spiro atoms. The molecule has 1 aromatic heterocycles. The fraction of sp³-hybridized carbons (Fsp3) is 0.143. The number of hydrogen-bond acceptors (Lipinski definition) is 2. The summed E-state index contributed by atoms with van der Waals surface area (Å²) in [6.07, 6.45) is 1.92. The summed E-state index contributed by atoms with van der Waals surface area (Å²) < 4.78 is 13.9. The minimum atomic E-state index is -0.109. The predicted octanol–water partition coefficient (Wildman–Crippen LogP) is 4.34. The van der Waals surface area contributed by atoms with Crippen molar-refractivity contribution < 1.29 is 9.15 Å². The average Bonchev–Trinajstić information content (AvgIpc) is 2.32. The number of ether oxygens (including phenoxy) is 1. The van der Waals surface area contributed by atoms with E-state index in [1.807, 2.05) is 6.08 Å². The van der Waals surface area contributed by atoms with Gasteiger partial charge in [-0.2, -0.15) is 0 Å². The molecule has 0 fully saturated rings. The number of hydrogen-bond donors (Lipinski definition) is 0. The van der Waals surface area contributed by atoms with Crippen LogP contribution in [-0.4, -0.2) is 5.01 Å². The molecule has 1 unspecified atom stereocenters. The number of rotatable bonds is 0. The molecule has 0 aliphatic carbocycles. The van der Waals surface area contributed by atoms with E-state index in [9.17, 15) is 0 Å². The Morgan fingerprint density at radius 2 is 2.08 bits per heavy atom. The van der Waals surface area contributed by atoms with Crippen molar-refractivity contribution in [1.29, 1.82) is 0 Å². The van der Waals surface area contributed by atoms with Crippen molar-refractivity contribution in [1.82, 2.24) is 0 Å². The van der Waals surface area contributed by atoms with E-state index in [2.05, 4.69) is 77.0 Å². The van der Waals surface area contributed by atoms with Gasteiger partial charge in [0.2, 0.25) is 0 Å². The van der Waals surface area contributed by atoms with Gasteiger partial charge in [0.25, 0.3) is 0 Å². The van der Waals surface area contributed by atoms with E-state index in [1.165, 1.54) is 0 Å². The lowest BCUT2D eigenvalue weighted by atomic mass is 10.3. The highest BCUT2D eigenvalue weighted by Gasteiger charge is 2.25.